The van der Waals surface area contributed by atoms with Gasteiger partial charge in [0.05, 0.1) is 12.7 Å². The van der Waals surface area contributed by atoms with E-state index >= 15 is 0 Å². The number of ether oxygens (including phenoxy) is 2. The van der Waals surface area contributed by atoms with Gasteiger partial charge in [0.25, 0.3) is 0 Å². The number of nitrogens with zero attached hydrogens (tertiary/aromatic N) is 2. The molecule has 0 aromatic rings. The first-order chi connectivity index (χ1) is 11.6. The molecule has 7 nitrogen and oxygen atoms in total. The standard InChI is InChI=1S/C17H34N4O3.HI/c1-5-18-16(19-10-7-13-24-14(3)4)20-15-8-11-21(12-9-15)17(22)23-6-2;/h14-15H,5-13H2,1-4H3,(H2,18,19,20);1H. The highest BCUT2D eigenvalue weighted by molar-refractivity contribution is 14.0. The molecular formula is C17H35IN4O3. The van der Waals surface area contributed by atoms with Crippen molar-refractivity contribution >= 4 is 36.0 Å². The summed E-state index contributed by atoms with van der Waals surface area (Å²) in [5, 5.41) is 6.74. The molecule has 0 aliphatic carbocycles. The molecule has 0 aromatic heterocycles. The minimum absolute atomic E-state index is 0. The quantitative estimate of drug-likeness (QED) is 0.247. The number of guanidine groups is 1. The third kappa shape index (κ3) is 10.7. The molecule has 0 radical (unpaired) electrons. The SMILES string of the molecule is CCNC(=NCCCOC(C)C)NC1CCN(C(=O)OCC)CC1.I. The molecule has 25 heavy (non-hydrogen) atoms. The van der Waals surface area contributed by atoms with E-state index in [2.05, 4.69) is 22.5 Å². The molecule has 1 heterocycles. The fourth-order valence-corrected chi connectivity index (χ4v) is 2.51. The Bertz CT molecular complexity index is 386. The molecule has 1 saturated heterocycles. The Morgan fingerprint density at radius 1 is 1.28 bits per heavy atom. The van der Waals surface area contributed by atoms with Crippen molar-refractivity contribution in [1.82, 2.24) is 15.5 Å². The molecule has 1 fully saturated rings. The third-order valence-electron chi connectivity index (χ3n) is 3.73. The Morgan fingerprint density at radius 2 is 1.96 bits per heavy atom. The van der Waals surface area contributed by atoms with E-state index in [1.165, 1.54) is 0 Å². The first-order valence-electron chi connectivity index (χ1n) is 9.14. The molecule has 0 aromatic carbocycles. The second-order valence-electron chi connectivity index (χ2n) is 6.14. The van der Waals surface area contributed by atoms with E-state index in [0.29, 0.717) is 12.6 Å². The largest absolute Gasteiger partial charge is 0.450 e. The molecule has 148 valence electrons. The van der Waals surface area contributed by atoms with Gasteiger partial charge in [-0.05, 0) is 47.0 Å². The number of halogens is 1. The van der Waals surface area contributed by atoms with Crippen LogP contribution in [-0.2, 0) is 9.47 Å². The number of piperidine rings is 1. The van der Waals surface area contributed by atoms with E-state index in [-0.39, 0.29) is 36.2 Å². The van der Waals surface area contributed by atoms with Crippen LogP contribution in [0.3, 0.4) is 0 Å². The summed E-state index contributed by atoms with van der Waals surface area (Å²) in [5.41, 5.74) is 0. The first kappa shape index (κ1) is 24.2. The van der Waals surface area contributed by atoms with Crippen LogP contribution in [0.5, 0.6) is 0 Å². The summed E-state index contributed by atoms with van der Waals surface area (Å²) in [7, 11) is 0. The van der Waals surface area contributed by atoms with E-state index in [0.717, 1.165) is 58.0 Å². The van der Waals surface area contributed by atoms with Crippen LogP contribution in [0.2, 0.25) is 0 Å². The molecule has 0 bridgehead atoms. The highest BCUT2D eigenvalue weighted by atomic mass is 127. The summed E-state index contributed by atoms with van der Waals surface area (Å²) < 4.78 is 10.6. The van der Waals surface area contributed by atoms with E-state index in [1.54, 1.807) is 4.90 Å². The van der Waals surface area contributed by atoms with Crippen LogP contribution in [0.4, 0.5) is 4.79 Å². The molecule has 1 aliphatic rings. The number of hydrogen-bond acceptors (Lipinski definition) is 4. The third-order valence-corrected chi connectivity index (χ3v) is 3.73. The summed E-state index contributed by atoms with van der Waals surface area (Å²) in [6.45, 7) is 12.1. The fourth-order valence-electron chi connectivity index (χ4n) is 2.51. The zero-order valence-corrected chi connectivity index (χ0v) is 18.4. The summed E-state index contributed by atoms with van der Waals surface area (Å²) in [5.74, 6) is 0.844. The van der Waals surface area contributed by atoms with Crippen molar-refractivity contribution in [1.29, 1.82) is 0 Å². The van der Waals surface area contributed by atoms with Crippen molar-refractivity contribution in [2.24, 2.45) is 4.99 Å². The fraction of sp³-hybridized carbons (Fsp3) is 0.882. The smallest absolute Gasteiger partial charge is 0.409 e. The van der Waals surface area contributed by atoms with Crippen molar-refractivity contribution in [2.75, 3.05) is 39.4 Å². The number of hydrogen-bond donors (Lipinski definition) is 2. The van der Waals surface area contributed by atoms with Crippen LogP contribution >= 0.6 is 24.0 Å². The Kier molecular flexibility index (Phi) is 14.0. The lowest BCUT2D eigenvalue weighted by atomic mass is 10.1. The Morgan fingerprint density at radius 3 is 2.52 bits per heavy atom. The Hall–Kier alpha value is -0.770. The van der Waals surface area contributed by atoms with Crippen molar-refractivity contribution in [3.8, 4) is 0 Å². The predicted molar refractivity (Wildman–Crippen MR) is 112 cm³/mol. The molecule has 8 heteroatoms. The van der Waals surface area contributed by atoms with Gasteiger partial charge in [0.15, 0.2) is 5.96 Å². The van der Waals surface area contributed by atoms with Gasteiger partial charge in [0, 0.05) is 38.8 Å². The Labute approximate surface area is 169 Å². The van der Waals surface area contributed by atoms with E-state index in [4.69, 9.17) is 9.47 Å². The normalized spacial score (nSPS) is 15.7. The number of rotatable bonds is 8. The van der Waals surface area contributed by atoms with Gasteiger partial charge in [-0.2, -0.15) is 0 Å². The van der Waals surface area contributed by atoms with Crippen molar-refractivity contribution in [3.63, 3.8) is 0 Å². The van der Waals surface area contributed by atoms with Crippen LogP contribution in [-0.4, -0.2) is 68.5 Å². The maximum Gasteiger partial charge on any atom is 0.409 e. The maximum atomic E-state index is 11.7. The second kappa shape index (κ2) is 14.4. The van der Waals surface area contributed by atoms with Crippen LogP contribution in [0.1, 0.15) is 47.0 Å². The lowest BCUT2D eigenvalue weighted by molar-refractivity contribution is 0.0782. The zero-order chi connectivity index (χ0) is 17.8. The van der Waals surface area contributed by atoms with Crippen molar-refractivity contribution in [3.05, 3.63) is 0 Å². The van der Waals surface area contributed by atoms with Gasteiger partial charge >= 0.3 is 6.09 Å². The van der Waals surface area contributed by atoms with Gasteiger partial charge in [-0.3, -0.25) is 4.99 Å². The minimum atomic E-state index is -0.207. The average molecular weight is 470 g/mol. The monoisotopic (exact) mass is 470 g/mol. The molecule has 0 atom stereocenters. The molecule has 1 rings (SSSR count). The van der Waals surface area contributed by atoms with E-state index in [1.807, 2.05) is 20.8 Å². The van der Waals surface area contributed by atoms with E-state index in [9.17, 15) is 4.79 Å². The number of nitrogens with one attached hydrogen (secondary N) is 2. The highest BCUT2D eigenvalue weighted by Crippen LogP contribution is 2.11. The molecular weight excluding hydrogens is 435 g/mol. The van der Waals surface area contributed by atoms with Crippen LogP contribution < -0.4 is 10.6 Å². The lowest BCUT2D eigenvalue weighted by Gasteiger charge is -2.32. The van der Waals surface area contributed by atoms with Crippen molar-refractivity contribution < 1.29 is 14.3 Å². The summed E-state index contributed by atoms with van der Waals surface area (Å²) in [6.07, 6.45) is 2.78. The van der Waals surface area contributed by atoms with Gasteiger partial charge < -0.3 is 25.0 Å². The minimum Gasteiger partial charge on any atom is -0.450 e. The zero-order valence-electron chi connectivity index (χ0n) is 16.0. The first-order valence-corrected chi connectivity index (χ1v) is 9.14. The molecule has 1 aliphatic heterocycles. The van der Waals surface area contributed by atoms with E-state index < -0.39 is 0 Å². The highest BCUT2D eigenvalue weighted by Gasteiger charge is 2.23. The topological polar surface area (TPSA) is 75.2 Å². The molecule has 1 amide bonds. The number of carbonyl (C=O) groups excluding carboxylic acids is 1. The van der Waals surface area contributed by atoms with Gasteiger partial charge in [-0.15, -0.1) is 24.0 Å². The van der Waals surface area contributed by atoms with Gasteiger partial charge in [-0.25, -0.2) is 4.79 Å². The van der Waals surface area contributed by atoms with Gasteiger partial charge in [-0.1, -0.05) is 0 Å². The Balaban J connectivity index is 0.00000576. The van der Waals surface area contributed by atoms with Gasteiger partial charge in [0.1, 0.15) is 0 Å². The number of likely N-dealkylation sites (tertiary alicyclic amines) is 1. The molecule has 2 N–H and O–H groups in total. The average Bonchev–Trinajstić information content (AvgIpc) is 2.55. The van der Waals surface area contributed by atoms with Crippen LogP contribution in [0.15, 0.2) is 4.99 Å². The number of aliphatic imine (C=N–C) groups is 1. The lowest BCUT2D eigenvalue weighted by Crippen LogP contribution is -2.49. The summed E-state index contributed by atoms with van der Waals surface area (Å²) in [6, 6.07) is 0.334. The predicted octanol–water partition coefficient (Wildman–Crippen LogP) is 2.60. The number of carbonyl (C=O) groups is 1. The molecule has 0 saturated carbocycles. The summed E-state index contributed by atoms with van der Waals surface area (Å²) in [4.78, 5) is 18.1. The van der Waals surface area contributed by atoms with Gasteiger partial charge in [0.2, 0.25) is 0 Å². The number of amides is 1. The summed E-state index contributed by atoms with van der Waals surface area (Å²) >= 11 is 0. The second-order valence-corrected chi connectivity index (χ2v) is 6.14. The molecule has 0 spiro atoms. The van der Waals surface area contributed by atoms with Crippen LogP contribution in [0, 0.1) is 0 Å². The van der Waals surface area contributed by atoms with Crippen molar-refractivity contribution in [2.45, 2.75) is 59.1 Å². The maximum absolute atomic E-state index is 11.7. The molecule has 0 unspecified atom stereocenters. The van der Waals surface area contributed by atoms with Crippen LogP contribution in [0.25, 0.3) is 0 Å².